The number of rotatable bonds is 2. The van der Waals surface area contributed by atoms with E-state index in [1.807, 2.05) is 0 Å². The lowest BCUT2D eigenvalue weighted by Gasteiger charge is -2.44. The third-order valence-corrected chi connectivity index (χ3v) is 5.96. The summed E-state index contributed by atoms with van der Waals surface area (Å²) in [5.74, 6) is 0.592. The molecule has 2 atom stereocenters. The molecule has 0 saturated carbocycles. The normalized spacial score (nSPS) is 23.3. The SMILES string of the molecule is CCCN1CCC[C@@H]2c3cccc4c3c(c(C)n4C(=O)OC)C[C@H]21. The van der Waals surface area contributed by atoms with Crippen molar-refractivity contribution in [3.63, 3.8) is 0 Å². The van der Waals surface area contributed by atoms with Gasteiger partial charge in [-0.15, -0.1) is 0 Å². The van der Waals surface area contributed by atoms with Crippen molar-refractivity contribution in [2.24, 2.45) is 0 Å². The standard InChI is InChI=1S/C20H26N2O2/c1-4-10-21-11-6-8-14-15-7-5-9-17-19(15)16(12-18(14)21)13(2)22(17)20(23)24-3/h5,7,9,14,18H,4,6,8,10-12H2,1-3H3/t14-,18-/m1/s1. The Labute approximate surface area is 143 Å². The molecule has 1 saturated heterocycles. The molecule has 2 heterocycles. The number of ether oxygens (including phenoxy) is 1. The summed E-state index contributed by atoms with van der Waals surface area (Å²) in [6.07, 6.45) is 4.49. The first-order valence-electron chi connectivity index (χ1n) is 9.12. The molecule has 0 bridgehead atoms. The van der Waals surface area contributed by atoms with Crippen molar-refractivity contribution < 1.29 is 9.53 Å². The number of hydrogen-bond acceptors (Lipinski definition) is 3. The maximum Gasteiger partial charge on any atom is 0.418 e. The Balaban J connectivity index is 1.90. The van der Waals surface area contributed by atoms with Gasteiger partial charge in [-0.25, -0.2) is 9.36 Å². The number of fused-ring (bicyclic) bond motifs is 2. The highest BCUT2D eigenvalue weighted by Gasteiger charge is 2.38. The van der Waals surface area contributed by atoms with Crippen LogP contribution in [-0.4, -0.2) is 41.8 Å². The number of likely N-dealkylation sites (tertiary alicyclic amines) is 1. The van der Waals surface area contributed by atoms with Gasteiger partial charge in [0.05, 0.1) is 12.6 Å². The van der Waals surface area contributed by atoms with E-state index < -0.39 is 0 Å². The molecule has 1 aliphatic carbocycles. The van der Waals surface area contributed by atoms with E-state index in [9.17, 15) is 4.79 Å². The monoisotopic (exact) mass is 326 g/mol. The summed E-state index contributed by atoms with van der Waals surface area (Å²) in [6, 6.07) is 7.00. The first-order chi connectivity index (χ1) is 11.7. The highest BCUT2D eigenvalue weighted by Crippen LogP contribution is 2.45. The maximum absolute atomic E-state index is 12.3. The molecule has 0 unspecified atom stereocenters. The van der Waals surface area contributed by atoms with E-state index in [0.29, 0.717) is 12.0 Å². The number of methoxy groups -OCH3 is 1. The van der Waals surface area contributed by atoms with Crippen LogP contribution in [-0.2, 0) is 11.2 Å². The predicted molar refractivity (Wildman–Crippen MR) is 95.8 cm³/mol. The number of carbonyl (C=O) groups excluding carboxylic acids is 1. The Hall–Kier alpha value is -1.81. The summed E-state index contributed by atoms with van der Waals surface area (Å²) in [5, 5.41) is 1.31. The largest absolute Gasteiger partial charge is 0.452 e. The van der Waals surface area contributed by atoms with Crippen molar-refractivity contribution in [1.82, 2.24) is 9.47 Å². The van der Waals surface area contributed by atoms with Gasteiger partial charge in [0.2, 0.25) is 0 Å². The molecular weight excluding hydrogens is 300 g/mol. The average molecular weight is 326 g/mol. The van der Waals surface area contributed by atoms with Gasteiger partial charge in [-0.2, -0.15) is 0 Å². The van der Waals surface area contributed by atoms with Crippen LogP contribution in [0.2, 0.25) is 0 Å². The fourth-order valence-electron chi connectivity index (χ4n) is 4.99. The summed E-state index contributed by atoms with van der Waals surface area (Å²) in [4.78, 5) is 15.0. The molecule has 1 fully saturated rings. The molecule has 0 radical (unpaired) electrons. The van der Waals surface area contributed by atoms with Gasteiger partial charge in [0.1, 0.15) is 0 Å². The lowest BCUT2D eigenvalue weighted by Crippen LogP contribution is -2.47. The zero-order chi connectivity index (χ0) is 16.8. The van der Waals surface area contributed by atoms with E-state index >= 15 is 0 Å². The zero-order valence-corrected chi connectivity index (χ0v) is 14.8. The average Bonchev–Trinajstić information content (AvgIpc) is 2.89. The fraction of sp³-hybridized carbons (Fsp3) is 0.550. The van der Waals surface area contributed by atoms with Gasteiger partial charge in [-0.1, -0.05) is 19.1 Å². The molecule has 4 rings (SSSR count). The van der Waals surface area contributed by atoms with E-state index in [1.165, 1.54) is 56.0 Å². The van der Waals surface area contributed by atoms with Gasteiger partial charge in [-0.05, 0) is 62.9 Å². The molecule has 0 spiro atoms. The molecule has 4 heteroatoms. The Morgan fingerprint density at radius 1 is 1.38 bits per heavy atom. The van der Waals surface area contributed by atoms with Crippen LogP contribution in [0.1, 0.15) is 48.9 Å². The van der Waals surface area contributed by atoms with Crippen LogP contribution in [0.5, 0.6) is 0 Å². The van der Waals surface area contributed by atoms with Crippen LogP contribution in [0.3, 0.4) is 0 Å². The van der Waals surface area contributed by atoms with Gasteiger partial charge in [0.25, 0.3) is 0 Å². The summed E-state index contributed by atoms with van der Waals surface area (Å²) >= 11 is 0. The molecule has 1 aromatic heterocycles. The van der Waals surface area contributed by atoms with Crippen molar-refractivity contribution in [3.8, 4) is 0 Å². The van der Waals surface area contributed by atoms with Gasteiger partial charge in [-0.3, -0.25) is 4.90 Å². The van der Waals surface area contributed by atoms with Gasteiger partial charge >= 0.3 is 6.09 Å². The number of benzene rings is 1. The summed E-state index contributed by atoms with van der Waals surface area (Å²) in [5.41, 5.74) is 4.84. The highest BCUT2D eigenvalue weighted by molar-refractivity contribution is 5.96. The second kappa shape index (κ2) is 5.92. The van der Waals surface area contributed by atoms with Gasteiger partial charge < -0.3 is 4.74 Å². The van der Waals surface area contributed by atoms with Crippen molar-refractivity contribution in [2.45, 2.75) is 51.5 Å². The van der Waals surface area contributed by atoms with E-state index in [4.69, 9.17) is 4.74 Å². The topological polar surface area (TPSA) is 34.5 Å². The van der Waals surface area contributed by atoms with E-state index in [1.54, 1.807) is 4.57 Å². The highest BCUT2D eigenvalue weighted by atomic mass is 16.5. The Morgan fingerprint density at radius 3 is 2.96 bits per heavy atom. The third kappa shape index (κ3) is 2.12. The Kier molecular flexibility index (Phi) is 3.87. The number of nitrogens with zero attached hydrogens (tertiary/aromatic N) is 2. The van der Waals surface area contributed by atoms with E-state index in [0.717, 1.165) is 17.6 Å². The lowest BCUT2D eigenvalue weighted by atomic mass is 9.74. The van der Waals surface area contributed by atoms with Crippen molar-refractivity contribution in [3.05, 3.63) is 35.0 Å². The number of carbonyl (C=O) groups is 1. The minimum Gasteiger partial charge on any atom is -0.452 e. The van der Waals surface area contributed by atoms with Crippen LogP contribution >= 0.6 is 0 Å². The number of aromatic nitrogens is 1. The second-order valence-electron chi connectivity index (χ2n) is 7.17. The predicted octanol–water partition coefficient (Wildman–Crippen LogP) is 4.08. The summed E-state index contributed by atoms with van der Waals surface area (Å²) in [7, 11) is 1.46. The Bertz CT molecular complexity index is 791. The van der Waals surface area contributed by atoms with Crippen LogP contribution < -0.4 is 0 Å². The minimum atomic E-state index is -0.281. The number of hydrogen-bond donors (Lipinski definition) is 0. The first-order valence-corrected chi connectivity index (χ1v) is 9.12. The zero-order valence-electron chi connectivity index (χ0n) is 14.8. The molecule has 2 aliphatic rings. The van der Waals surface area contributed by atoms with Crippen LogP contribution in [0, 0.1) is 6.92 Å². The third-order valence-electron chi connectivity index (χ3n) is 5.96. The van der Waals surface area contributed by atoms with Gasteiger partial charge in [0.15, 0.2) is 0 Å². The molecule has 1 aromatic carbocycles. The van der Waals surface area contributed by atoms with Crippen LogP contribution in [0.15, 0.2) is 18.2 Å². The van der Waals surface area contributed by atoms with E-state index in [2.05, 4.69) is 36.9 Å². The van der Waals surface area contributed by atoms with Gasteiger partial charge in [0, 0.05) is 23.0 Å². The molecule has 4 nitrogen and oxygen atoms in total. The molecule has 2 aromatic rings. The molecule has 1 aliphatic heterocycles. The molecule has 24 heavy (non-hydrogen) atoms. The lowest BCUT2D eigenvalue weighted by molar-refractivity contribution is 0.124. The molecule has 0 amide bonds. The molecular formula is C20H26N2O2. The van der Waals surface area contributed by atoms with Crippen LogP contribution in [0.25, 0.3) is 10.9 Å². The fourth-order valence-corrected chi connectivity index (χ4v) is 4.99. The first kappa shape index (κ1) is 15.7. The molecule has 128 valence electrons. The van der Waals surface area contributed by atoms with E-state index in [-0.39, 0.29) is 6.09 Å². The van der Waals surface area contributed by atoms with Crippen molar-refractivity contribution in [1.29, 1.82) is 0 Å². The van der Waals surface area contributed by atoms with Crippen molar-refractivity contribution in [2.75, 3.05) is 20.2 Å². The molecule has 0 N–H and O–H groups in total. The van der Waals surface area contributed by atoms with Crippen molar-refractivity contribution >= 4 is 17.0 Å². The smallest absolute Gasteiger partial charge is 0.418 e. The summed E-state index contributed by atoms with van der Waals surface area (Å²) in [6.45, 7) is 6.70. The van der Waals surface area contributed by atoms with Crippen LogP contribution in [0.4, 0.5) is 4.79 Å². The summed E-state index contributed by atoms with van der Waals surface area (Å²) < 4.78 is 6.79. The maximum atomic E-state index is 12.3. The Morgan fingerprint density at radius 2 is 2.21 bits per heavy atom. The minimum absolute atomic E-state index is 0.281. The number of piperidine rings is 1. The second-order valence-corrected chi connectivity index (χ2v) is 7.17. The quantitative estimate of drug-likeness (QED) is 0.834.